The van der Waals surface area contributed by atoms with Crippen molar-refractivity contribution in [3.63, 3.8) is 0 Å². The Hall–Kier alpha value is -0.610. The minimum Gasteiger partial charge on any atom is -0.368 e. The molecule has 4 heteroatoms. The highest BCUT2D eigenvalue weighted by molar-refractivity contribution is 5.80. The molecule has 1 amide bonds. The summed E-state index contributed by atoms with van der Waals surface area (Å²) in [5.41, 5.74) is 5.44. The molecule has 100 valence electrons. The molecule has 1 rings (SSSR count). The summed E-state index contributed by atoms with van der Waals surface area (Å²) in [5, 5.41) is 3.23. The van der Waals surface area contributed by atoms with Gasteiger partial charge in [0.2, 0.25) is 5.91 Å². The van der Waals surface area contributed by atoms with E-state index in [1.54, 1.807) is 0 Å². The second-order valence-corrected chi connectivity index (χ2v) is 5.38. The van der Waals surface area contributed by atoms with Gasteiger partial charge in [-0.3, -0.25) is 9.69 Å². The molecular formula is C13H27N3O. The third-order valence-corrected chi connectivity index (χ3v) is 3.68. The summed E-state index contributed by atoms with van der Waals surface area (Å²) < 4.78 is 0. The van der Waals surface area contributed by atoms with Crippen molar-refractivity contribution in [3.8, 4) is 0 Å². The predicted molar refractivity (Wildman–Crippen MR) is 70.7 cm³/mol. The molecule has 0 bridgehead atoms. The van der Waals surface area contributed by atoms with Crippen molar-refractivity contribution in [1.82, 2.24) is 10.2 Å². The summed E-state index contributed by atoms with van der Waals surface area (Å²) in [5.74, 6) is 0.571. The van der Waals surface area contributed by atoms with E-state index < -0.39 is 0 Å². The molecule has 4 nitrogen and oxygen atoms in total. The Morgan fingerprint density at radius 3 is 2.76 bits per heavy atom. The zero-order chi connectivity index (χ0) is 12.8. The molecule has 1 heterocycles. The second kappa shape index (κ2) is 6.97. The molecule has 1 aliphatic rings. The van der Waals surface area contributed by atoms with Crippen molar-refractivity contribution in [2.45, 2.75) is 52.1 Å². The van der Waals surface area contributed by atoms with Crippen LogP contribution in [-0.2, 0) is 4.79 Å². The first-order valence-corrected chi connectivity index (χ1v) is 6.81. The molecule has 1 aliphatic heterocycles. The number of hydrogen-bond acceptors (Lipinski definition) is 3. The summed E-state index contributed by atoms with van der Waals surface area (Å²) in [7, 11) is 0. The average molecular weight is 241 g/mol. The first-order chi connectivity index (χ1) is 8.04. The number of hydrogen-bond donors (Lipinski definition) is 2. The largest absolute Gasteiger partial charge is 0.368 e. The zero-order valence-corrected chi connectivity index (χ0v) is 11.4. The number of amides is 1. The van der Waals surface area contributed by atoms with Crippen LogP contribution in [0, 0.1) is 5.92 Å². The lowest BCUT2D eigenvalue weighted by Gasteiger charge is -2.38. The topological polar surface area (TPSA) is 58.4 Å². The Bertz CT molecular complexity index is 245. The van der Waals surface area contributed by atoms with Gasteiger partial charge in [-0.1, -0.05) is 13.8 Å². The second-order valence-electron chi connectivity index (χ2n) is 5.38. The Morgan fingerprint density at radius 1 is 1.53 bits per heavy atom. The summed E-state index contributed by atoms with van der Waals surface area (Å²) in [6.45, 7) is 9.33. The lowest BCUT2D eigenvalue weighted by molar-refractivity contribution is -0.120. The van der Waals surface area contributed by atoms with Gasteiger partial charge in [-0.05, 0) is 45.2 Å². The Balaban J connectivity index is 2.45. The third kappa shape index (κ3) is 4.64. The molecule has 3 unspecified atom stereocenters. The van der Waals surface area contributed by atoms with Crippen molar-refractivity contribution in [3.05, 3.63) is 0 Å². The Labute approximate surface area is 105 Å². The van der Waals surface area contributed by atoms with Gasteiger partial charge in [-0.25, -0.2) is 0 Å². The van der Waals surface area contributed by atoms with Crippen LogP contribution in [0.25, 0.3) is 0 Å². The molecular weight excluding hydrogens is 214 g/mol. The van der Waals surface area contributed by atoms with Crippen molar-refractivity contribution < 1.29 is 4.79 Å². The van der Waals surface area contributed by atoms with Gasteiger partial charge in [-0.2, -0.15) is 0 Å². The lowest BCUT2D eigenvalue weighted by Crippen LogP contribution is -2.53. The zero-order valence-electron chi connectivity index (χ0n) is 11.4. The molecule has 0 saturated carbocycles. The van der Waals surface area contributed by atoms with Gasteiger partial charge in [0.05, 0.1) is 6.04 Å². The molecule has 3 N–H and O–H groups in total. The number of nitrogens with one attached hydrogen (secondary N) is 1. The van der Waals surface area contributed by atoms with E-state index in [-0.39, 0.29) is 11.9 Å². The van der Waals surface area contributed by atoms with Crippen LogP contribution in [0.15, 0.2) is 0 Å². The molecule has 0 aromatic heterocycles. The first-order valence-electron chi connectivity index (χ1n) is 6.81. The minimum atomic E-state index is -0.232. The summed E-state index contributed by atoms with van der Waals surface area (Å²) in [6.07, 6.45) is 3.47. The van der Waals surface area contributed by atoms with Crippen molar-refractivity contribution in [1.29, 1.82) is 0 Å². The predicted octanol–water partition coefficient (Wildman–Crippen LogP) is 0.960. The number of nitrogens with zero attached hydrogens (tertiary/aromatic N) is 1. The monoisotopic (exact) mass is 241 g/mol. The molecule has 1 fully saturated rings. The van der Waals surface area contributed by atoms with E-state index in [0.29, 0.717) is 6.04 Å². The van der Waals surface area contributed by atoms with Gasteiger partial charge in [-0.15, -0.1) is 0 Å². The fourth-order valence-corrected chi connectivity index (χ4v) is 2.54. The SMILES string of the molecule is CCCNC(CN1CCC(C)CC1C)C(N)=O. The highest BCUT2D eigenvalue weighted by Gasteiger charge is 2.26. The van der Waals surface area contributed by atoms with Gasteiger partial charge >= 0.3 is 0 Å². The molecule has 3 atom stereocenters. The number of carbonyl (C=O) groups excluding carboxylic acids is 1. The van der Waals surface area contributed by atoms with Crippen LogP contribution < -0.4 is 11.1 Å². The van der Waals surface area contributed by atoms with Crippen LogP contribution in [0.3, 0.4) is 0 Å². The van der Waals surface area contributed by atoms with Crippen LogP contribution in [-0.4, -0.2) is 42.5 Å². The molecule has 0 aromatic carbocycles. The van der Waals surface area contributed by atoms with Gasteiger partial charge < -0.3 is 11.1 Å². The highest BCUT2D eigenvalue weighted by atomic mass is 16.1. The first kappa shape index (κ1) is 14.5. The van der Waals surface area contributed by atoms with Crippen molar-refractivity contribution in [2.75, 3.05) is 19.6 Å². The van der Waals surface area contributed by atoms with E-state index in [1.165, 1.54) is 12.8 Å². The maximum atomic E-state index is 11.4. The Kier molecular flexibility index (Phi) is 5.92. The maximum Gasteiger partial charge on any atom is 0.235 e. The Morgan fingerprint density at radius 2 is 2.24 bits per heavy atom. The normalized spacial score (nSPS) is 27.9. The molecule has 17 heavy (non-hydrogen) atoms. The van der Waals surface area contributed by atoms with Crippen LogP contribution in [0.4, 0.5) is 0 Å². The van der Waals surface area contributed by atoms with Crippen molar-refractivity contribution in [2.24, 2.45) is 11.7 Å². The highest BCUT2D eigenvalue weighted by Crippen LogP contribution is 2.21. The minimum absolute atomic E-state index is 0.203. The number of rotatable bonds is 6. The van der Waals surface area contributed by atoms with Crippen molar-refractivity contribution >= 4 is 5.91 Å². The third-order valence-electron chi connectivity index (χ3n) is 3.68. The smallest absolute Gasteiger partial charge is 0.235 e. The fraction of sp³-hybridized carbons (Fsp3) is 0.923. The fourth-order valence-electron chi connectivity index (χ4n) is 2.54. The van der Waals surface area contributed by atoms with Gasteiger partial charge in [0.1, 0.15) is 0 Å². The van der Waals surface area contributed by atoms with E-state index in [9.17, 15) is 4.79 Å². The number of primary amides is 1. The lowest BCUT2D eigenvalue weighted by atomic mass is 9.93. The summed E-state index contributed by atoms with van der Waals surface area (Å²) >= 11 is 0. The maximum absolute atomic E-state index is 11.4. The molecule has 0 aromatic rings. The molecule has 1 saturated heterocycles. The number of nitrogens with two attached hydrogens (primary N) is 1. The number of likely N-dealkylation sites (tertiary alicyclic amines) is 1. The standard InChI is InChI=1S/C13H27N3O/c1-4-6-15-12(13(14)17)9-16-7-5-10(2)8-11(16)3/h10-12,15H,4-9H2,1-3H3,(H2,14,17). The summed E-state index contributed by atoms with van der Waals surface area (Å²) in [4.78, 5) is 13.8. The van der Waals surface area contributed by atoms with E-state index in [0.717, 1.165) is 32.0 Å². The van der Waals surface area contributed by atoms with Crippen LogP contribution >= 0.6 is 0 Å². The molecule has 0 aliphatic carbocycles. The van der Waals surface area contributed by atoms with Crippen LogP contribution in [0.5, 0.6) is 0 Å². The average Bonchev–Trinajstić information content (AvgIpc) is 2.26. The van der Waals surface area contributed by atoms with Gasteiger partial charge in [0.15, 0.2) is 0 Å². The van der Waals surface area contributed by atoms with Gasteiger partial charge in [0.25, 0.3) is 0 Å². The summed E-state index contributed by atoms with van der Waals surface area (Å²) in [6, 6.07) is 0.356. The molecule has 0 radical (unpaired) electrons. The van der Waals surface area contributed by atoms with E-state index in [4.69, 9.17) is 5.73 Å². The van der Waals surface area contributed by atoms with E-state index in [2.05, 4.69) is 31.0 Å². The quantitative estimate of drug-likeness (QED) is 0.728. The van der Waals surface area contributed by atoms with Crippen LogP contribution in [0.1, 0.15) is 40.0 Å². The van der Waals surface area contributed by atoms with Gasteiger partial charge in [0, 0.05) is 12.6 Å². The van der Waals surface area contributed by atoms with E-state index in [1.807, 2.05) is 0 Å². The van der Waals surface area contributed by atoms with Crippen LogP contribution in [0.2, 0.25) is 0 Å². The number of piperidine rings is 1. The number of carbonyl (C=O) groups is 1. The molecule has 0 spiro atoms. The van der Waals surface area contributed by atoms with E-state index >= 15 is 0 Å².